The van der Waals surface area contributed by atoms with E-state index in [0.29, 0.717) is 5.88 Å². The minimum absolute atomic E-state index is 0.0478. The smallest absolute Gasteiger partial charge is 0.218 e. The monoisotopic (exact) mass is 209 g/mol. The number of nitrogens with zero attached hydrogens (tertiary/aromatic N) is 2. The summed E-state index contributed by atoms with van der Waals surface area (Å²) in [5.74, 6) is -1.11. The second-order valence-electron chi connectivity index (χ2n) is 2.91. The van der Waals surface area contributed by atoms with Crippen molar-refractivity contribution in [3.63, 3.8) is 0 Å². The van der Waals surface area contributed by atoms with Crippen LogP contribution >= 0.6 is 0 Å². The molecule has 5 heteroatoms. The van der Waals surface area contributed by atoms with E-state index < -0.39 is 11.6 Å². The molecule has 1 heterocycles. The quantitative estimate of drug-likeness (QED) is 0.758. The number of ether oxygens (including phenoxy) is 1. The summed E-state index contributed by atoms with van der Waals surface area (Å²) < 4.78 is 32.3. The summed E-state index contributed by atoms with van der Waals surface area (Å²) in [7, 11) is 1.63. The Hall–Kier alpha value is -1.91. The average molecular weight is 209 g/mol. The maximum atomic E-state index is 13.2. The molecule has 0 aliphatic rings. The van der Waals surface area contributed by atoms with Gasteiger partial charge in [0.15, 0.2) is 11.6 Å². The van der Waals surface area contributed by atoms with Crippen molar-refractivity contribution in [2.75, 3.05) is 0 Å². The fourth-order valence-electron chi connectivity index (χ4n) is 1.08. The van der Waals surface area contributed by atoms with E-state index in [1.807, 2.05) is 0 Å². The first kappa shape index (κ1) is 9.64. The Balaban J connectivity index is 2.29. The van der Waals surface area contributed by atoms with Gasteiger partial charge in [0.25, 0.3) is 0 Å². The Morgan fingerprint density at radius 2 is 2.20 bits per heavy atom. The van der Waals surface area contributed by atoms with E-state index in [2.05, 4.69) is 11.3 Å². The van der Waals surface area contributed by atoms with Crippen LogP contribution in [0, 0.1) is 17.8 Å². The fourth-order valence-corrected chi connectivity index (χ4v) is 1.08. The predicted molar refractivity (Wildman–Crippen MR) is 48.5 cm³/mol. The van der Waals surface area contributed by atoms with Gasteiger partial charge in [-0.1, -0.05) is 0 Å². The van der Waals surface area contributed by atoms with Crippen molar-refractivity contribution in [1.29, 1.82) is 0 Å². The van der Waals surface area contributed by atoms with E-state index in [-0.39, 0.29) is 5.75 Å². The van der Waals surface area contributed by atoms with Crippen LogP contribution in [0.25, 0.3) is 0 Å². The molecule has 0 amide bonds. The predicted octanol–water partition coefficient (Wildman–Crippen LogP) is 2.29. The molecule has 3 nitrogen and oxygen atoms in total. The third-order valence-corrected chi connectivity index (χ3v) is 1.82. The molecule has 1 aromatic carbocycles. The average Bonchev–Trinajstić information content (AvgIpc) is 2.57. The van der Waals surface area contributed by atoms with Crippen molar-refractivity contribution in [3.8, 4) is 11.6 Å². The highest BCUT2D eigenvalue weighted by Gasteiger charge is 2.08. The molecule has 1 aromatic heterocycles. The Kier molecular flexibility index (Phi) is 2.37. The number of aryl methyl sites for hydroxylation is 1. The lowest BCUT2D eigenvalue weighted by Crippen LogP contribution is -1.96. The van der Waals surface area contributed by atoms with Crippen LogP contribution in [-0.2, 0) is 7.05 Å². The number of rotatable bonds is 2. The normalized spacial score (nSPS) is 10.3. The Labute approximate surface area is 84.9 Å². The first-order valence-electron chi connectivity index (χ1n) is 4.20. The molecule has 0 saturated heterocycles. The summed E-state index contributed by atoms with van der Waals surface area (Å²) >= 11 is 0. The third-order valence-electron chi connectivity index (χ3n) is 1.82. The molecular formula is C10H7F2N2O. The third kappa shape index (κ3) is 1.96. The fraction of sp³-hybridized carbons (Fsp3) is 0.100. The SMILES string of the molecule is Cn1n[c]cc1Oc1ccc(F)cc1F. The van der Waals surface area contributed by atoms with Gasteiger partial charge in [-0.3, -0.25) is 0 Å². The highest BCUT2D eigenvalue weighted by Crippen LogP contribution is 2.23. The summed E-state index contributed by atoms with van der Waals surface area (Å²) in [6.07, 6.45) is 2.54. The van der Waals surface area contributed by atoms with Crippen LogP contribution < -0.4 is 4.74 Å². The Bertz CT molecular complexity index is 482. The van der Waals surface area contributed by atoms with Crippen LogP contribution in [0.1, 0.15) is 0 Å². The van der Waals surface area contributed by atoms with Crippen LogP contribution in [-0.4, -0.2) is 9.78 Å². The van der Waals surface area contributed by atoms with Gasteiger partial charge in [0.2, 0.25) is 5.88 Å². The maximum Gasteiger partial charge on any atom is 0.218 e. The number of hydrogen-bond acceptors (Lipinski definition) is 2. The maximum absolute atomic E-state index is 13.2. The Morgan fingerprint density at radius 3 is 2.80 bits per heavy atom. The lowest BCUT2D eigenvalue weighted by Gasteiger charge is -2.05. The summed E-state index contributed by atoms with van der Waals surface area (Å²) in [5.41, 5.74) is 0. The molecule has 0 fully saturated rings. The summed E-state index contributed by atoms with van der Waals surface area (Å²) in [6, 6.07) is 4.56. The molecule has 0 spiro atoms. The zero-order valence-electron chi connectivity index (χ0n) is 7.87. The summed E-state index contributed by atoms with van der Waals surface area (Å²) in [4.78, 5) is 0. The molecule has 0 aliphatic carbocycles. The lowest BCUT2D eigenvalue weighted by atomic mass is 10.3. The second-order valence-corrected chi connectivity index (χ2v) is 2.91. The van der Waals surface area contributed by atoms with Crippen molar-refractivity contribution in [2.45, 2.75) is 0 Å². The summed E-state index contributed by atoms with van der Waals surface area (Å²) in [6.45, 7) is 0. The highest BCUT2D eigenvalue weighted by atomic mass is 19.1. The number of halogens is 2. The van der Waals surface area contributed by atoms with Crippen LogP contribution in [0.2, 0.25) is 0 Å². The minimum atomic E-state index is -0.754. The Morgan fingerprint density at radius 1 is 1.40 bits per heavy atom. The minimum Gasteiger partial charge on any atom is -0.436 e. The first-order chi connectivity index (χ1) is 7.16. The number of aromatic nitrogens is 2. The van der Waals surface area contributed by atoms with Crippen molar-refractivity contribution in [1.82, 2.24) is 9.78 Å². The molecule has 0 bridgehead atoms. The number of benzene rings is 1. The van der Waals surface area contributed by atoms with Crippen molar-refractivity contribution >= 4 is 0 Å². The van der Waals surface area contributed by atoms with Gasteiger partial charge in [0, 0.05) is 19.2 Å². The van der Waals surface area contributed by atoms with Gasteiger partial charge in [-0.25, -0.2) is 13.5 Å². The van der Waals surface area contributed by atoms with Crippen LogP contribution in [0.4, 0.5) is 8.78 Å². The van der Waals surface area contributed by atoms with E-state index >= 15 is 0 Å². The van der Waals surface area contributed by atoms with Gasteiger partial charge >= 0.3 is 0 Å². The largest absolute Gasteiger partial charge is 0.436 e. The van der Waals surface area contributed by atoms with Crippen molar-refractivity contribution in [2.24, 2.45) is 7.05 Å². The van der Waals surface area contributed by atoms with Gasteiger partial charge in [0.1, 0.15) is 12.0 Å². The molecule has 2 aromatic rings. The lowest BCUT2D eigenvalue weighted by molar-refractivity contribution is 0.401. The van der Waals surface area contributed by atoms with Gasteiger partial charge in [0.05, 0.1) is 0 Å². The second kappa shape index (κ2) is 3.68. The van der Waals surface area contributed by atoms with Crippen LogP contribution in [0.15, 0.2) is 24.3 Å². The van der Waals surface area contributed by atoms with Crippen molar-refractivity contribution in [3.05, 3.63) is 42.1 Å². The van der Waals surface area contributed by atoms with Crippen molar-refractivity contribution < 1.29 is 13.5 Å². The van der Waals surface area contributed by atoms with Gasteiger partial charge in [-0.05, 0) is 12.1 Å². The zero-order valence-corrected chi connectivity index (χ0v) is 7.87. The molecule has 0 unspecified atom stereocenters. The number of hydrogen-bond donors (Lipinski definition) is 0. The molecular weight excluding hydrogens is 202 g/mol. The topological polar surface area (TPSA) is 27.1 Å². The first-order valence-corrected chi connectivity index (χ1v) is 4.20. The molecule has 15 heavy (non-hydrogen) atoms. The van der Waals surface area contributed by atoms with E-state index in [9.17, 15) is 8.78 Å². The van der Waals surface area contributed by atoms with Gasteiger partial charge < -0.3 is 4.74 Å². The molecule has 2 rings (SSSR count). The molecule has 77 valence electrons. The molecule has 0 saturated carbocycles. The van der Waals surface area contributed by atoms with E-state index in [1.165, 1.54) is 16.8 Å². The molecule has 0 aliphatic heterocycles. The van der Waals surface area contributed by atoms with Crippen LogP contribution in [0.3, 0.4) is 0 Å². The van der Waals surface area contributed by atoms with Gasteiger partial charge in [-0.2, -0.15) is 5.10 Å². The molecule has 0 atom stereocenters. The van der Waals surface area contributed by atoms with E-state index in [0.717, 1.165) is 12.1 Å². The van der Waals surface area contributed by atoms with Gasteiger partial charge in [-0.15, -0.1) is 0 Å². The standard InChI is InChI=1S/C10H7F2N2O/c1-14-10(4-5-13-14)15-9-3-2-7(11)6-8(9)12/h2-4,6H,1H3. The van der Waals surface area contributed by atoms with E-state index in [4.69, 9.17) is 4.74 Å². The summed E-state index contributed by atoms with van der Waals surface area (Å²) in [5, 5.41) is 3.73. The highest BCUT2D eigenvalue weighted by molar-refractivity contribution is 5.28. The zero-order chi connectivity index (χ0) is 10.8. The van der Waals surface area contributed by atoms with E-state index in [1.54, 1.807) is 7.05 Å². The molecule has 0 N–H and O–H groups in total. The molecule has 1 radical (unpaired) electrons. The van der Waals surface area contributed by atoms with Crippen LogP contribution in [0.5, 0.6) is 11.6 Å².